The van der Waals surface area contributed by atoms with E-state index in [9.17, 15) is 4.79 Å². The number of rotatable bonds is 3. The van der Waals surface area contributed by atoms with E-state index >= 15 is 0 Å². The molecule has 1 aromatic rings. The molecule has 20 heavy (non-hydrogen) atoms. The summed E-state index contributed by atoms with van der Waals surface area (Å²) in [6.45, 7) is 1.88. The molecule has 1 aliphatic heterocycles. The fourth-order valence-corrected chi connectivity index (χ4v) is 3.74. The van der Waals surface area contributed by atoms with Crippen LogP contribution in [0.3, 0.4) is 0 Å². The zero-order valence-corrected chi connectivity index (χ0v) is 12.2. The average molecular weight is 273 g/mol. The highest BCUT2D eigenvalue weighted by Gasteiger charge is 2.45. The first-order valence-electron chi connectivity index (χ1n) is 7.70. The molecular weight excluding hydrogens is 250 g/mol. The Morgan fingerprint density at radius 3 is 2.20 bits per heavy atom. The maximum absolute atomic E-state index is 13.0. The number of carbonyl (C=O) groups excluding carboxylic acids is 1. The molecule has 3 rings (SSSR count). The van der Waals surface area contributed by atoms with Crippen LogP contribution in [0.4, 0.5) is 0 Å². The Morgan fingerprint density at radius 1 is 1.05 bits per heavy atom. The molecule has 3 nitrogen and oxygen atoms in total. The van der Waals surface area contributed by atoms with Crippen molar-refractivity contribution >= 4 is 5.91 Å². The van der Waals surface area contributed by atoms with E-state index in [1.807, 2.05) is 12.1 Å². The number of likely N-dealkylation sites (tertiary alicyclic amines) is 1. The van der Waals surface area contributed by atoms with E-state index in [0.717, 1.165) is 57.4 Å². The predicted molar refractivity (Wildman–Crippen MR) is 79.0 cm³/mol. The summed E-state index contributed by atoms with van der Waals surface area (Å²) in [4.78, 5) is 15.1. The Bertz CT molecular complexity index is 468. The Balaban J connectivity index is 1.91. The maximum Gasteiger partial charge on any atom is 0.233 e. The molecule has 1 saturated carbocycles. The van der Waals surface area contributed by atoms with Gasteiger partial charge in [0.1, 0.15) is 5.75 Å². The number of ether oxygens (including phenoxy) is 1. The van der Waals surface area contributed by atoms with Gasteiger partial charge in [0.15, 0.2) is 0 Å². The molecule has 0 radical (unpaired) electrons. The molecule has 1 aliphatic carbocycles. The van der Waals surface area contributed by atoms with Crippen molar-refractivity contribution in [2.45, 2.75) is 43.9 Å². The van der Waals surface area contributed by atoms with Crippen LogP contribution in [-0.4, -0.2) is 31.0 Å². The van der Waals surface area contributed by atoms with Crippen LogP contribution in [0.1, 0.15) is 44.1 Å². The minimum absolute atomic E-state index is 0.267. The normalized spacial score (nSPS) is 21.1. The van der Waals surface area contributed by atoms with Crippen molar-refractivity contribution in [1.82, 2.24) is 4.90 Å². The van der Waals surface area contributed by atoms with Gasteiger partial charge < -0.3 is 9.64 Å². The van der Waals surface area contributed by atoms with Gasteiger partial charge >= 0.3 is 0 Å². The molecule has 0 bridgehead atoms. The van der Waals surface area contributed by atoms with Gasteiger partial charge in [-0.25, -0.2) is 0 Å². The highest BCUT2D eigenvalue weighted by atomic mass is 16.5. The summed E-state index contributed by atoms with van der Waals surface area (Å²) in [5.41, 5.74) is 0.907. The van der Waals surface area contributed by atoms with Crippen LogP contribution < -0.4 is 4.74 Å². The van der Waals surface area contributed by atoms with Gasteiger partial charge in [0.2, 0.25) is 5.91 Å². The molecule has 0 unspecified atom stereocenters. The Kier molecular flexibility index (Phi) is 3.68. The number of hydrogen-bond donors (Lipinski definition) is 0. The lowest BCUT2D eigenvalue weighted by molar-refractivity contribution is -0.136. The Hall–Kier alpha value is -1.51. The molecule has 108 valence electrons. The first kappa shape index (κ1) is 13.5. The van der Waals surface area contributed by atoms with Crippen LogP contribution in [0, 0.1) is 0 Å². The molecule has 2 fully saturated rings. The second-order valence-corrected chi connectivity index (χ2v) is 6.02. The van der Waals surface area contributed by atoms with Crippen LogP contribution in [0.2, 0.25) is 0 Å². The first-order valence-corrected chi connectivity index (χ1v) is 7.70. The van der Waals surface area contributed by atoms with Gasteiger partial charge in [0.05, 0.1) is 12.5 Å². The zero-order valence-electron chi connectivity index (χ0n) is 12.2. The monoisotopic (exact) mass is 273 g/mol. The number of methoxy groups -OCH3 is 1. The van der Waals surface area contributed by atoms with Crippen molar-refractivity contribution in [2.24, 2.45) is 0 Å². The third-order valence-electron chi connectivity index (χ3n) is 4.90. The second kappa shape index (κ2) is 5.47. The summed E-state index contributed by atoms with van der Waals surface area (Å²) in [6, 6.07) is 8.12. The largest absolute Gasteiger partial charge is 0.497 e. The maximum atomic E-state index is 13.0. The number of nitrogens with zero attached hydrogens (tertiary/aromatic N) is 1. The molecule has 2 aliphatic rings. The van der Waals surface area contributed by atoms with Crippen LogP contribution >= 0.6 is 0 Å². The second-order valence-electron chi connectivity index (χ2n) is 6.02. The third kappa shape index (κ3) is 2.19. The zero-order chi connectivity index (χ0) is 14.0. The van der Waals surface area contributed by atoms with Gasteiger partial charge in [-0.3, -0.25) is 4.79 Å². The fourth-order valence-electron chi connectivity index (χ4n) is 3.74. The van der Waals surface area contributed by atoms with Crippen molar-refractivity contribution in [2.75, 3.05) is 20.2 Å². The summed E-state index contributed by atoms with van der Waals surface area (Å²) < 4.78 is 5.23. The van der Waals surface area contributed by atoms with Crippen molar-refractivity contribution in [3.63, 3.8) is 0 Å². The van der Waals surface area contributed by atoms with Crippen LogP contribution in [0.5, 0.6) is 5.75 Å². The lowest BCUT2D eigenvalue weighted by Gasteiger charge is -2.33. The summed E-state index contributed by atoms with van der Waals surface area (Å²) >= 11 is 0. The van der Waals surface area contributed by atoms with Crippen molar-refractivity contribution < 1.29 is 9.53 Å². The number of carbonyl (C=O) groups is 1. The van der Waals surface area contributed by atoms with E-state index in [1.54, 1.807) is 7.11 Å². The Labute approximate surface area is 120 Å². The van der Waals surface area contributed by atoms with E-state index in [2.05, 4.69) is 17.0 Å². The standard InChI is InChI=1S/C17H23NO2/c1-20-15-8-6-14(7-9-15)17(10-2-3-11-17)16(19)18-12-4-5-13-18/h6-9H,2-5,10-13H2,1H3. The molecule has 1 aromatic carbocycles. The van der Waals surface area contributed by atoms with Crippen molar-refractivity contribution in [3.8, 4) is 5.75 Å². The van der Waals surface area contributed by atoms with Crippen LogP contribution in [-0.2, 0) is 10.2 Å². The van der Waals surface area contributed by atoms with E-state index in [4.69, 9.17) is 4.74 Å². The Morgan fingerprint density at radius 2 is 1.65 bits per heavy atom. The fraction of sp³-hybridized carbons (Fsp3) is 0.588. The van der Waals surface area contributed by atoms with E-state index < -0.39 is 0 Å². The minimum Gasteiger partial charge on any atom is -0.497 e. The number of hydrogen-bond acceptors (Lipinski definition) is 2. The average Bonchev–Trinajstić information content (AvgIpc) is 3.19. The molecule has 0 N–H and O–H groups in total. The highest BCUT2D eigenvalue weighted by molar-refractivity contribution is 5.89. The topological polar surface area (TPSA) is 29.5 Å². The van der Waals surface area contributed by atoms with Crippen LogP contribution in [0.15, 0.2) is 24.3 Å². The molecule has 0 spiro atoms. The molecule has 0 aromatic heterocycles. The lowest BCUT2D eigenvalue weighted by atomic mass is 9.77. The quantitative estimate of drug-likeness (QED) is 0.847. The summed E-state index contributed by atoms with van der Waals surface area (Å²) in [5.74, 6) is 1.22. The van der Waals surface area contributed by atoms with E-state index in [1.165, 1.54) is 5.56 Å². The van der Waals surface area contributed by atoms with Crippen molar-refractivity contribution in [1.29, 1.82) is 0 Å². The van der Waals surface area contributed by atoms with Crippen LogP contribution in [0.25, 0.3) is 0 Å². The van der Waals surface area contributed by atoms with E-state index in [-0.39, 0.29) is 5.41 Å². The minimum atomic E-state index is -0.267. The first-order chi connectivity index (χ1) is 9.76. The molecule has 1 heterocycles. The molecule has 3 heteroatoms. The predicted octanol–water partition coefficient (Wildman–Crippen LogP) is 3.13. The molecule has 1 saturated heterocycles. The summed E-state index contributed by atoms with van der Waals surface area (Å²) in [6.07, 6.45) is 6.62. The van der Waals surface area contributed by atoms with Gasteiger partial charge in [0, 0.05) is 13.1 Å². The van der Waals surface area contributed by atoms with Gasteiger partial charge in [-0.15, -0.1) is 0 Å². The van der Waals surface area contributed by atoms with Gasteiger partial charge in [-0.1, -0.05) is 25.0 Å². The number of benzene rings is 1. The van der Waals surface area contributed by atoms with Gasteiger partial charge in [-0.05, 0) is 43.4 Å². The SMILES string of the molecule is COc1ccc(C2(C(=O)N3CCCC3)CCCC2)cc1. The van der Waals surface area contributed by atoms with Crippen molar-refractivity contribution in [3.05, 3.63) is 29.8 Å². The van der Waals surface area contributed by atoms with E-state index in [0.29, 0.717) is 5.91 Å². The third-order valence-corrected chi connectivity index (χ3v) is 4.90. The highest BCUT2D eigenvalue weighted by Crippen LogP contribution is 2.43. The number of amides is 1. The molecular formula is C17H23NO2. The smallest absolute Gasteiger partial charge is 0.233 e. The summed E-state index contributed by atoms with van der Waals surface area (Å²) in [5, 5.41) is 0. The van der Waals surface area contributed by atoms with Gasteiger partial charge in [0.25, 0.3) is 0 Å². The molecule has 0 atom stereocenters. The molecule has 1 amide bonds. The lowest BCUT2D eigenvalue weighted by Crippen LogP contribution is -2.44. The van der Waals surface area contributed by atoms with Gasteiger partial charge in [-0.2, -0.15) is 0 Å². The summed E-state index contributed by atoms with van der Waals surface area (Å²) in [7, 11) is 1.68.